The third-order valence-electron chi connectivity index (χ3n) is 7.18. The highest BCUT2D eigenvalue weighted by Gasteiger charge is 2.60. The molecule has 12 heteroatoms. The smallest absolute Gasteiger partial charge is 0.332 e. The average Bonchev–Trinajstić information content (AvgIpc) is 3.55. The highest BCUT2D eigenvalue weighted by atomic mass is 35.5. The van der Waals surface area contributed by atoms with E-state index in [1.54, 1.807) is 49.0 Å². The van der Waals surface area contributed by atoms with Crippen molar-refractivity contribution in [2.45, 2.75) is 32.2 Å². The first kappa shape index (κ1) is 25.0. The van der Waals surface area contributed by atoms with Crippen LogP contribution in [0.15, 0.2) is 46.0 Å². The Labute approximate surface area is 221 Å². The Hall–Kier alpha value is -3.63. The number of carbonyl (C=O) groups is 1. The molecule has 0 aliphatic heterocycles. The Morgan fingerprint density at radius 2 is 1.89 bits per heavy atom. The minimum Gasteiger partial charge on any atom is -0.481 e. The van der Waals surface area contributed by atoms with E-state index >= 15 is 0 Å². The van der Waals surface area contributed by atoms with Crippen LogP contribution in [0.25, 0.3) is 11.2 Å². The molecule has 1 saturated carbocycles. The van der Waals surface area contributed by atoms with Gasteiger partial charge in [0, 0.05) is 25.7 Å². The lowest BCUT2D eigenvalue weighted by Gasteiger charge is -2.11. The van der Waals surface area contributed by atoms with Crippen LogP contribution in [0.3, 0.4) is 0 Å². The van der Waals surface area contributed by atoms with Gasteiger partial charge in [-0.15, -0.1) is 0 Å². The minimum absolute atomic E-state index is 0.0139. The first-order chi connectivity index (χ1) is 17.6. The molecule has 0 amide bonds. The SMILES string of the molecule is CCC1(C(=O)O)CC1c1cccc(Nc2nc3c(c(=O)n(Cc4ccc(Cl)c(Cl)c4)c(=O)n3C)n2C)n1. The van der Waals surface area contributed by atoms with Crippen LogP contribution in [0, 0.1) is 5.41 Å². The number of aromatic nitrogens is 5. The lowest BCUT2D eigenvalue weighted by atomic mass is 9.99. The Kier molecular flexibility index (Phi) is 6.12. The number of hydrogen-bond acceptors (Lipinski definition) is 6. The maximum Gasteiger partial charge on any atom is 0.332 e. The number of nitrogens with zero attached hydrogens (tertiary/aromatic N) is 5. The fraction of sp³-hybridized carbons (Fsp3) is 0.320. The summed E-state index contributed by atoms with van der Waals surface area (Å²) >= 11 is 12.1. The molecule has 2 atom stereocenters. The predicted molar refractivity (Wildman–Crippen MR) is 141 cm³/mol. The molecule has 1 aromatic carbocycles. The summed E-state index contributed by atoms with van der Waals surface area (Å²) in [5.41, 5.74) is -0.00369. The molecule has 0 spiro atoms. The first-order valence-corrected chi connectivity index (χ1v) is 12.4. The molecule has 5 rings (SSSR count). The zero-order valence-electron chi connectivity index (χ0n) is 20.3. The number of nitrogens with one attached hydrogen (secondary N) is 1. The van der Waals surface area contributed by atoms with Crippen molar-refractivity contribution in [2.75, 3.05) is 5.32 Å². The number of carboxylic acid groups (broad SMARTS) is 1. The summed E-state index contributed by atoms with van der Waals surface area (Å²) < 4.78 is 4.01. The van der Waals surface area contributed by atoms with E-state index in [1.807, 2.05) is 13.0 Å². The first-order valence-electron chi connectivity index (χ1n) is 11.6. The van der Waals surface area contributed by atoms with E-state index in [1.165, 1.54) is 4.57 Å². The van der Waals surface area contributed by atoms with E-state index in [9.17, 15) is 19.5 Å². The van der Waals surface area contributed by atoms with Gasteiger partial charge in [0.2, 0.25) is 5.95 Å². The molecule has 1 fully saturated rings. The van der Waals surface area contributed by atoms with Crippen molar-refractivity contribution in [3.63, 3.8) is 0 Å². The summed E-state index contributed by atoms with van der Waals surface area (Å²) in [6.07, 6.45) is 1.07. The molecule has 4 aromatic rings. The van der Waals surface area contributed by atoms with Gasteiger partial charge in [0.25, 0.3) is 5.56 Å². The summed E-state index contributed by atoms with van der Waals surface area (Å²) in [6.45, 7) is 1.88. The van der Waals surface area contributed by atoms with Crippen LogP contribution in [-0.4, -0.2) is 34.7 Å². The molecule has 192 valence electrons. The van der Waals surface area contributed by atoms with Crippen molar-refractivity contribution in [3.05, 3.63) is 78.5 Å². The zero-order valence-corrected chi connectivity index (χ0v) is 21.8. The number of hydrogen-bond donors (Lipinski definition) is 2. The molecule has 2 unspecified atom stereocenters. The quantitative estimate of drug-likeness (QED) is 0.363. The Balaban J connectivity index is 1.51. The maximum absolute atomic E-state index is 13.4. The van der Waals surface area contributed by atoms with Crippen LogP contribution in [-0.2, 0) is 25.4 Å². The van der Waals surface area contributed by atoms with E-state index < -0.39 is 22.6 Å². The number of fused-ring (bicyclic) bond motifs is 1. The van der Waals surface area contributed by atoms with Crippen molar-refractivity contribution >= 4 is 52.1 Å². The molecule has 1 aliphatic carbocycles. The standard InChI is InChI=1S/C25H24Cl2N6O4/c1-4-25(22(35)36)11-14(25)17-6-5-7-18(28-17)29-23-30-20-19(31(23)2)21(34)33(24(37)32(20)3)12-13-8-9-15(26)16(27)10-13/h5-10,14H,4,11-12H2,1-3H3,(H,35,36)(H,28,29,30). The van der Waals surface area contributed by atoms with Gasteiger partial charge in [0.05, 0.1) is 22.0 Å². The van der Waals surface area contributed by atoms with Gasteiger partial charge in [-0.1, -0.05) is 42.3 Å². The van der Waals surface area contributed by atoms with Crippen molar-refractivity contribution < 1.29 is 9.90 Å². The Morgan fingerprint density at radius 1 is 1.14 bits per heavy atom. The van der Waals surface area contributed by atoms with Crippen molar-refractivity contribution in [3.8, 4) is 0 Å². The molecule has 0 radical (unpaired) electrons. The monoisotopic (exact) mass is 542 g/mol. The summed E-state index contributed by atoms with van der Waals surface area (Å²) in [4.78, 5) is 47.3. The van der Waals surface area contributed by atoms with Gasteiger partial charge in [0.1, 0.15) is 5.82 Å². The number of anilines is 2. The van der Waals surface area contributed by atoms with E-state index in [0.29, 0.717) is 45.9 Å². The summed E-state index contributed by atoms with van der Waals surface area (Å²) in [6, 6.07) is 10.3. The highest BCUT2D eigenvalue weighted by molar-refractivity contribution is 6.42. The summed E-state index contributed by atoms with van der Waals surface area (Å²) in [7, 11) is 3.22. The Bertz CT molecular complexity index is 1690. The number of imidazole rings is 1. The second kappa shape index (κ2) is 9.04. The van der Waals surface area contributed by atoms with E-state index in [4.69, 9.17) is 23.2 Å². The number of benzene rings is 1. The molecule has 1 aliphatic rings. The van der Waals surface area contributed by atoms with Crippen LogP contribution in [0.2, 0.25) is 10.0 Å². The molecule has 0 bridgehead atoms. The molecular weight excluding hydrogens is 519 g/mol. The van der Waals surface area contributed by atoms with Gasteiger partial charge in [-0.05, 0) is 42.7 Å². The molecule has 37 heavy (non-hydrogen) atoms. The molecule has 3 aromatic heterocycles. The van der Waals surface area contributed by atoms with E-state index in [-0.39, 0.29) is 23.6 Å². The normalized spacial score (nSPS) is 18.8. The fourth-order valence-electron chi connectivity index (χ4n) is 4.82. The average molecular weight is 543 g/mol. The second-order valence-electron chi connectivity index (χ2n) is 9.29. The zero-order chi connectivity index (χ0) is 26.6. The van der Waals surface area contributed by atoms with Gasteiger partial charge in [-0.3, -0.25) is 18.7 Å². The van der Waals surface area contributed by atoms with E-state index in [0.717, 1.165) is 4.57 Å². The molecule has 0 saturated heterocycles. The second-order valence-corrected chi connectivity index (χ2v) is 10.1. The van der Waals surface area contributed by atoms with Crippen molar-refractivity contribution in [2.24, 2.45) is 19.5 Å². The predicted octanol–water partition coefficient (Wildman–Crippen LogP) is 3.90. The van der Waals surface area contributed by atoms with Crippen LogP contribution in [0.4, 0.5) is 11.8 Å². The molecular formula is C25H24Cl2N6O4. The summed E-state index contributed by atoms with van der Waals surface area (Å²) in [5.74, 6) is -0.200. The number of pyridine rings is 1. The van der Waals surface area contributed by atoms with Gasteiger partial charge < -0.3 is 15.0 Å². The lowest BCUT2D eigenvalue weighted by molar-refractivity contribution is -0.143. The van der Waals surface area contributed by atoms with Gasteiger partial charge in [0.15, 0.2) is 11.2 Å². The van der Waals surface area contributed by atoms with Gasteiger partial charge >= 0.3 is 11.7 Å². The highest BCUT2D eigenvalue weighted by Crippen LogP contribution is 2.61. The summed E-state index contributed by atoms with van der Waals surface area (Å²) in [5, 5.41) is 13.5. The molecule has 2 N–H and O–H groups in total. The van der Waals surface area contributed by atoms with Crippen LogP contribution in [0.5, 0.6) is 0 Å². The number of aliphatic carboxylic acids is 1. The minimum atomic E-state index is -0.811. The number of aryl methyl sites for hydroxylation is 2. The lowest BCUT2D eigenvalue weighted by Crippen LogP contribution is -2.39. The van der Waals surface area contributed by atoms with Crippen LogP contribution in [0.1, 0.15) is 36.9 Å². The van der Waals surface area contributed by atoms with Gasteiger partial charge in [-0.2, -0.15) is 4.98 Å². The van der Waals surface area contributed by atoms with Crippen molar-refractivity contribution in [1.29, 1.82) is 0 Å². The third-order valence-corrected chi connectivity index (χ3v) is 7.92. The van der Waals surface area contributed by atoms with Gasteiger partial charge in [-0.25, -0.2) is 9.78 Å². The maximum atomic E-state index is 13.4. The topological polar surface area (TPSA) is 124 Å². The molecule has 3 heterocycles. The van der Waals surface area contributed by atoms with E-state index in [2.05, 4.69) is 15.3 Å². The van der Waals surface area contributed by atoms with Crippen LogP contribution < -0.4 is 16.6 Å². The van der Waals surface area contributed by atoms with Crippen LogP contribution >= 0.6 is 23.2 Å². The number of carboxylic acids is 1. The van der Waals surface area contributed by atoms with Crippen molar-refractivity contribution in [1.82, 2.24) is 23.7 Å². The third kappa shape index (κ3) is 4.10. The molecule has 10 nitrogen and oxygen atoms in total. The largest absolute Gasteiger partial charge is 0.481 e. The number of rotatable bonds is 7. The Morgan fingerprint density at radius 3 is 2.54 bits per heavy atom. The number of halogens is 2. The fourth-order valence-corrected chi connectivity index (χ4v) is 5.14.